The molecule has 1 amide bonds. The molecule has 27 heavy (non-hydrogen) atoms. The van der Waals surface area contributed by atoms with Gasteiger partial charge in [0.2, 0.25) is 5.91 Å². The molecule has 7 nitrogen and oxygen atoms in total. The van der Waals surface area contributed by atoms with E-state index in [1.807, 2.05) is 35.0 Å². The van der Waals surface area contributed by atoms with Crippen molar-refractivity contribution in [2.24, 2.45) is 0 Å². The average molecular weight is 387 g/mol. The van der Waals surface area contributed by atoms with E-state index in [1.54, 1.807) is 27.9 Å². The first-order chi connectivity index (χ1) is 12.9. The largest absolute Gasteiger partial charge is 0.497 e. The zero-order valence-electron chi connectivity index (χ0n) is 15.6. The fraction of sp³-hybridized carbons (Fsp3) is 0.316. The number of aromatic nitrogens is 2. The Morgan fingerprint density at radius 2 is 2.07 bits per heavy atom. The lowest BCUT2D eigenvalue weighted by atomic mass is 10.2. The minimum atomic E-state index is -0.425. The maximum atomic E-state index is 12.4. The highest BCUT2D eigenvalue weighted by Gasteiger charge is 2.19. The summed E-state index contributed by atoms with van der Waals surface area (Å²) < 4.78 is 12.3. The number of anilines is 1. The van der Waals surface area contributed by atoms with Gasteiger partial charge < -0.3 is 19.4 Å². The van der Waals surface area contributed by atoms with Crippen molar-refractivity contribution in [1.29, 1.82) is 0 Å². The molecule has 0 saturated carbocycles. The van der Waals surface area contributed by atoms with Crippen molar-refractivity contribution in [3.05, 3.63) is 41.0 Å². The molecule has 1 N–H and O–H groups in total. The van der Waals surface area contributed by atoms with Crippen LogP contribution in [0.2, 0.25) is 0 Å². The molecule has 0 aliphatic heterocycles. The van der Waals surface area contributed by atoms with Crippen molar-refractivity contribution in [2.45, 2.75) is 33.4 Å². The van der Waals surface area contributed by atoms with Crippen LogP contribution in [0.25, 0.3) is 10.9 Å². The molecule has 0 aliphatic rings. The Bertz CT molecular complexity index is 990. The number of hydrogen-bond acceptors (Lipinski definition) is 6. The number of fused-ring (bicyclic) bond motifs is 1. The lowest BCUT2D eigenvalue weighted by Gasteiger charge is -2.06. The van der Waals surface area contributed by atoms with E-state index < -0.39 is 5.97 Å². The summed E-state index contributed by atoms with van der Waals surface area (Å²) in [5.41, 5.74) is 1.47. The summed E-state index contributed by atoms with van der Waals surface area (Å²) in [5.74, 6) is 0.121. The van der Waals surface area contributed by atoms with Crippen molar-refractivity contribution in [3.63, 3.8) is 0 Å². The number of carbonyl (C=O) groups is 2. The second-order valence-electron chi connectivity index (χ2n) is 6.30. The van der Waals surface area contributed by atoms with Crippen LogP contribution in [0.15, 0.2) is 30.5 Å². The van der Waals surface area contributed by atoms with Gasteiger partial charge in [0, 0.05) is 17.1 Å². The first-order valence-electron chi connectivity index (χ1n) is 8.48. The van der Waals surface area contributed by atoms with Crippen LogP contribution in [0, 0.1) is 6.92 Å². The number of nitrogens with one attached hydrogen (secondary N) is 1. The molecule has 0 radical (unpaired) electrons. The summed E-state index contributed by atoms with van der Waals surface area (Å²) in [5, 5.41) is 4.12. The Morgan fingerprint density at radius 1 is 1.30 bits per heavy atom. The van der Waals surface area contributed by atoms with Crippen LogP contribution in [0.1, 0.15) is 29.2 Å². The summed E-state index contributed by atoms with van der Waals surface area (Å²) in [7, 11) is 1.62. The van der Waals surface area contributed by atoms with Gasteiger partial charge in [-0.25, -0.2) is 9.78 Å². The Morgan fingerprint density at radius 3 is 2.78 bits per heavy atom. The number of carbonyl (C=O) groups excluding carboxylic acids is 2. The van der Waals surface area contributed by atoms with Gasteiger partial charge in [-0.2, -0.15) is 0 Å². The van der Waals surface area contributed by atoms with Crippen molar-refractivity contribution in [2.75, 3.05) is 12.4 Å². The normalized spacial score (nSPS) is 11.0. The first-order valence-corrected chi connectivity index (χ1v) is 9.30. The number of aryl methyl sites for hydroxylation is 1. The Hall–Kier alpha value is -2.87. The summed E-state index contributed by atoms with van der Waals surface area (Å²) in [6, 6.07) is 7.61. The summed E-state index contributed by atoms with van der Waals surface area (Å²) >= 11 is 1.12. The number of thiazole rings is 1. The van der Waals surface area contributed by atoms with Gasteiger partial charge in [0.1, 0.15) is 17.2 Å². The molecule has 1 aromatic carbocycles. The molecule has 3 aromatic rings. The van der Waals surface area contributed by atoms with Crippen molar-refractivity contribution >= 4 is 39.2 Å². The molecule has 0 atom stereocenters. The van der Waals surface area contributed by atoms with Crippen molar-refractivity contribution < 1.29 is 19.1 Å². The zero-order chi connectivity index (χ0) is 19.6. The Kier molecular flexibility index (Phi) is 5.46. The predicted octanol–water partition coefficient (Wildman–Crippen LogP) is 3.62. The third-order valence-corrected chi connectivity index (χ3v) is 4.92. The SMILES string of the molecule is COc1ccc2c(ccn2CC(=O)Nc2nc(C)c(C(=O)OC(C)C)s2)c1. The zero-order valence-corrected chi connectivity index (χ0v) is 16.4. The maximum Gasteiger partial charge on any atom is 0.350 e. The number of methoxy groups -OCH3 is 1. The van der Waals surface area contributed by atoms with E-state index in [0.29, 0.717) is 15.7 Å². The van der Waals surface area contributed by atoms with Gasteiger partial charge in [-0.05, 0) is 45.0 Å². The monoisotopic (exact) mass is 387 g/mol. The smallest absolute Gasteiger partial charge is 0.350 e. The minimum absolute atomic E-state index is 0.139. The lowest BCUT2D eigenvalue weighted by Crippen LogP contribution is -2.18. The molecule has 2 aromatic heterocycles. The van der Waals surface area contributed by atoms with E-state index in [9.17, 15) is 9.59 Å². The second-order valence-corrected chi connectivity index (χ2v) is 7.30. The van der Waals surface area contributed by atoms with Gasteiger partial charge in [0.25, 0.3) is 0 Å². The number of esters is 1. The lowest BCUT2D eigenvalue weighted by molar-refractivity contribution is -0.116. The molecule has 3 rings (SSSR count). The second kappa shape index (κ2) is 7.79. The van der Waals surface area contributed by atoms with Gasteiger partial charge in [-0.3, -0.25) is 4.79 Å². The van der Waals surface area contributed by atoms with Gasteiger partial charge >= 0.3 is 5.97 Å². The third kappa shape index (κ3) is 4.28. The van der Waals surface area contributed by atoms with Gasteiger partial charge in [-0.1, -0.05) is 11.3 Å². The fourth-order valence-electron chi connectivity index (χ4n) is 2.66. The number of ether oxygens (including phenoxy) is 2. The minimum Gasteiger partial charge on any atom is -0.497 e. The number of hydrogen-bond donors (Lipinski definition) is 1. The van der Waals surface area contributed by atoms with Crippen LogP contribution in [0.4, 0.5) is 5.13 Å². The molecule has 0 bridgehead atoms. The first kappa shape index (κ1) is 18.9. The molecule has 0 aliphatic carbocycles. The standard InChI is InChI=1S/C19H21N3O4S/c1-11(2)26-18(24)17-12(3)20-19(27-17)21-16(23)10-22-8-7-13-9-14(25-4)5-6-15(13)22/h5-9,11H,10H2,1-4H3,(H,20,21,23). The predicted molar refractivity (Wildman–Crippen MR) is 105 cm³/mol. The topological polar surface area (TPSA) is 82.5 Å². The number of amides is 1. The van der Waals surface area contributed by atoms with E-state index in [0.717, 1.165) is 28.0 Å². The van der Waals surface area contributed by atoms with Crippen LogP contribution in [-0.4, -0.2) is 34.6 Å². The summed E-state index contributed by atoms with van der Waals surface area (Å²) in [6.07, 6.45) is 1.64. The molecule has 2 heterocycles. The van der Waals surface area contributed by atoms with E-state index in [1.165, 1.54) is 0 Å². The number of rotatable bonds is 6. The Labute approximate surface area is 160 Å². The molecular formula is C19H21N3O4S. The average Bonchev–Trinajstić information content (AvgIpc) is 3.17. The molecule has 142 valence electrons. The fourth-order valence-corrected chi connectivity index (χ4v) is 3.53. The molecule has 0 unspecified atom stereocenters. The van der Waals surface area contributed by atoms with Crippen LogP contribution >= 0.6 is 11.3 Å². The molecular weight excluding hydrogens is 366 g/mol. The highest BCUT2D eigenvalue weighted by Crippen LogP contribution is 2.25. The third-order valence-electron chi connectivity index (χ3n) is 3.86. The van der Waals surface area contributed by atoms with E-state index in [-0.39, 0.29) is 18.6 Å². The summed E-state index contributed by atoms with van der Waals surface area (Å²) in [6.45, 7) is 5.43. The van der Waals surface area contributed by atoms with Gasteiger partial charge in [0.15, 0.2) is 5.13 Å². The van der Waals surface area contributed by atoms with Crippen LogP contribution in [0.3, 0.4) is 0 Å². The van der Waals surface area contributed by atoms with Crippen LogP contribution in [0.5, 0.6) is 5.75 Å². The van der Waals surface area contributed by atoms with Crippen LogP contribution in [-0.2, 0) is 16.1 Å². The maximum absolute atomic E-state index is 12.4. The molecule has 8 heteroatoms. The number of benzene rings is 1. The van der Waals surface area contributed by atoms with Crippen LogP contribution < -0.4 is 10.1 Å². The highest BCUT2D eigenvalue weighted by atomic mass is 32.1. The Balaban J connectivity index is 1.70. The molecule has 0 saturated heterocycles. The van der Waals surface area contributed by atoms with E-state index >= 15 is 0 Å². The van der Waals surface area contributed by atoms with E-state index in [4.69, 9.17) is 9.47 Å². The van der Waals surface area contributed by atoms with Gasteiger partial charge in [-0.15, -0.1) is 0 Å². The molecule has 0 spiro atoms. The van der Waals surface area contributed by atoms with Crippen molar-refractivity contribution in [1.82, 2.24) is 9.55 Å². The van der Waals surface area contributed by atoms with Crippen molar-refractivity contribution in [3.8, 4) is 5.75 Å². The highest BCUT2D eigenvalue weighted by molar-refractivity contribution is 7.17. The quantitative estimate of drug-likeness (QED) is 0.653. The van der Waals surface area contributed by atoms with E-state index in [2.05, 4.69) is 10.3 Å². The van der Waals surface area contributed by atoms with Gasteiger partial charge in [0.05, 0.1) is 18.9 Å². The molecule has 0 fully saturated rings. The summed E-state index contributed by atoms with van der Waals surface area (Å²) in [4.78, 5) is 29.1. The number of nitrogens with zero attached hydrogens (tertiary/aromatic N) is 2.